The SMILES string of the molecule is CC(=O)CS(=O)(=O)c1ccc(C[C@H]([NH3+])C(=O)[O-])cc1.CC(=O)CS(=O)c1ccc(C[C@H]([NH3+])C(=O)[O-])cc1.CC(=O)CSc1ccc(C[C@H]([NH3+])C(=O)[O-])cc1.CC(=O)N=Cc1ccc(CC(N)C(=O)O)cc1.CC(C)C(=O)C(=O)c1ccc(C[C@H]([NH3+])C(=O)[O-])cc1.CCC(=O)CC(=O)c1ccc(C[C@H]([NH3+])C(=O)[O-])cc1.[NH3+][C@@H](Cc1ccc(C(=O)C2CCCC2=O)cc1)C(=O)[O-]. The average Bonchev–Trinajstić information content (AvgIpc) is 1.16. The predicted molar refractivity (Wildman–Crippen MR) is 456 cm³/mol. The number of carbonyl (C=O) groups excluding carboxylic acids is 16. The minimum atomic E-state index is -3.61. The fourth-order valence-electron chi connectivity index (χ4n) is 11.1. The molecule has 694 valence electrons. The fraction of sp³-hybridized carbons (Fsp3) is 0.341. The number of nitrogens with zero attached hydrogens (tertiary/aromatic N) is 1. The molecule has 7 aromatic rings. The van der Waals surface area contributed by atoms with Crippen molar-refractivity contribution in [1.29, 1.82) is 0 Å². The molecule has 0 saturated heterocycles. The van der Waals surface area contributed by atoms with Gasteiger partial charge < -0.3 is 105 Å². The largest absolute Gasteiger partial charge is 0.544 e. The van der Waals surface area contributed by atoms with Crippen LogP contribution in [-0.4, -0.2) is 183 Å². The van der Waals surface area contributed by atoms with Gasteiger partial charge in [-0.25, -0.2) is 13.4 Å². The van der Waals surface area contributed by atoms with Crippen molar-refractivity contribution in [2.24, 2.45) is 22.6 Å². The summed E-state index contributed by atoms with van der Waals surface area (Å²) in [5.74, 6) is -11.2. The summed E-state index contributed by atoms with van der Waals surface area (Å²) in [4.78, 5) is 192. The highest BCUT2D eigenvalue weighted by atomic mass is 32.2. The minimum absolute atomic E-state index is 0.00362. The molecule has 1 aliphatic rings. The van der Waals surface area contributed by atoms with E-state index in [-0.39, 0.29) is 102 Å². The van der Waals surface area contributed by atoms with Crippen LogP contribution < -0.4 is 70.8 Å². The Bertz CT molecular complexity index is 5210. The maximum atomic E-state index is 12.2. The fourth-order valence-corrected chi connectivity index (χ4v) is 14.0. The molecule has 1 fully saturated rings. The summed E-state index contributed by atoms with van der Waals surface area (Å²) in [6.45, 7) is 10.6. The molecule has 0 bridgehead atoms. The van der Waals surface area contributed by atoms with Gasteiger partial charge in [0.1, 0.15) is 77.0 Å². The molecule has 0 spiro atoms. The molecule has 0 aromatic heterocycles. The van der Waals surface area contributed by atoms with Crippen LogP contribution in [0.2, 0.25) is 0 Å². The minimum Gasteiger partial charge on any atom is -0.544 e. The summed E-state index contributed by atoms with van der Waals surface area (Å²) < 4.78 is 35.2. The Kier molecular flexibility index (Phi) is 49.9. The van der Waals surface area contributed by atoms with Gasteiger partial charge in [0.2, 0.25) is 17.5 Å². The summed E-state index contributed by atoms with van der Waals surface area (Å²) in [5, 5.41) is 72.0. The molecule has 9 atom stereocenters. The lowest BCUT2D eigenvalue weighted by Gasteiger charge is -2.10. The first-order chi connectivity index (χ1) is 60.3. The van der Waals surface area contributed by atoms with Gasteiger partial charge in [0.05, 0.1) is 75.4 Å². The Morgan fingerprint density at radius 1 is 0.496 bits per heavy atom. The summed E-state index contributed by atoms with van der Waals surface area (Å²) in [6.07, 6.45) is 5.43. The lowest BCUT2D eigenvalue weighted by Crippen LogP contribution is -2.69. The Morgan fingerprint density at radius 3 is 1.17 bits per heavy atom. The molecule has 0 heterocycles. The zero-order chi connectivity index (χ0) is 97.7. The predicted octanol–water partition coefficient (Wildman–Crippen LogP) is -6.60. The number of carbonyl (C=O) groups is 17. The Labute approximate surface area is 751 Å². The number of carboxylic acid groups (broad SMARTS) is 7. The number of sulfone groups is 1. The van der Waals surface area contributed by atoms with E-state index < -0.39 is 134 Å². The zero-order valence-corrected chi connectivity index (χ0v) is 75.0. The third-order valence-electron chi connectivity index (χ3n) is 18.5. The normalized spacial score (nSPS) is 13.7. The topological polar surface area (TPSA) is 704 Å². The second kappa shape index (κ2) is 57.2. The van der Waals surface area contributed by atoms with Crippen LogP contribution in [0, 0.1) is 11.8 Å². The number of rotatable bonds is 40. The van der Waals surface area contributed by atoms with E-state index in [1.165, 1.54) is 75.1 Å². The van der Waals surface area contributed by atoms with Gasteiger partial charge in [-0.05, 0) is 121 Å². The number of benzene rings is 7. The highest BCUT2D eigenvalue weighted by Gasteiger charge is 2.32. The third-order valence-corrected chi connectivity index (χ3v) is 22.9. The molecule has 0 radical (unpaired) electrons. The van der Waals surface area contributed by atoms with Crippen LogP contribution in [0.1, 0.15) is 156 Å². The molecule has 3 unspecified atom stereocenters. The van der Waals surface area contributed by atoms with Gasteiger partial charge in [-0.2, -0.15) is 0 Å². The number of thioether (sulfide) groups is 1. The average molecular weight is 1840 g/mol. The van der Waals surface area contributed by atoms with Gasteiger partial charge >= 0.3 is 5.97 Å². The number of aliphatic carboxylic acids is 7. The van der Waals surface area contributed by atoms with Crippen molar-refractivity contribution < 1.29 is 164 Å². The first-order valence-electron chi connectivity index (χ1n) is 40.2. The van der Waals surface area contributed by atoms with E-state index in [9.17, 15) is 125 Å². The Balaban J connectivity index is 0.000000510. The number of aliphatic imine (C=N–C) groups is 1. The number of hydrogen-bond donors (Lipinski definition) is 8. The van der Waals surface area contributed by atoms with Gasteiger partial charge in [0.25, 0.3) is 0 Å². The van der Waals surface area contributed by atoms with Gasteiger partial charge in [-0.15, -0.1) is 11.8 Å². The summed E-state index contributed by atoms with van der Waals surface area (Å²) >= 11 is 1.47. The number of Topliss-reactive ketones (excluding diaryl/α,β-unsaturated/α-hetero) is 9. The van der Waals surface area contributed by atoms with Crippen LogP contribution in [0.3, 0.4) is 0 Å². The summed E-state index contributed by atoms with van der Waals surface area (Å²) in [5.41, 5.74) is 33.7. The maximum Gasteiger partial charge on any atom is 0.320 e. The van der Waals surface area contributed by atoms with E-state index in [2.05, 4.69) is 39.4 Å². The first kappa shape index (κ1) is 112. The van der Waals surface area contributed by atoms with E-state index in [0.717, 1.165) is 50.3 Å². The van der Waals surface area contributed by atoms with Gasteiger partial charge in [-0.1, -0.05) is 154 Å². The van der Waals surface area contributed by atoms with Crippen LogP contribution in [-0.2, 0) is 133 Å². The van der Waals surface area contributed by atoms with Crippen molar-refractivity contribution in [1.82, 2.24) is 0 Å². The molecule has 1 saturated carbocycles. The van der Waals surface area contributed by atoms with Crippen molar-refractivity contribution in [3.8, 4) is 0 Å². The van der Waals surface area contributed by atoms with E-state index in [1.54, 1.807) is 137 Å². The number of hydrogen-bond acceptors (Lipinski definition) is 28. The van der Waals surface area contributed by atoms with Crippen LogP contribution in [0.5, 0.6) is 0 Å². The Morgan fingerprint density at radius 2 is 0.845 bits per heavy atom. The van der Waals surface area contributed by atoms with Crippen LogP contribution in [0.4, 0.5) is 0 Å². The van der Waals surface area contributed by atoms with Crippen molar-refractivity contribution in [3.63, 3.8) is 0 Å². The van der Waals surface area contributed by atoms with E-state index in [1.807, 2.05) is 24.3 Å². The monoisotopic (exact) mass is 1840 g/mol. The molecule has 1 aliphatic carbocycles. The highest BCUT2D eigenvalue weighted by Crippen LogP contribution is 2.26. The zero-order valence-electron chi connectivity index (χ0n) is 72.6. The quantitative estimate of drug-likeness (QED) is 0.00582. The lowest BCUT2D eigenvalue weighted by atomic mass is 9.94. The number of nitrogens with two attached hydrogens (primary N) is 1. The summed E-state index contributed by atoms with van der Waals surface area (Å²) in [7, 11) is -4.95. The number of quaternary nitrogens is 6. The molecule has 1 amide bonds. The van der Waals surface area contributed by atoms with E-state index >= 15 is 0 Å². The standard InChI is InChI=1S/C15H17NO4.2C14H17NO4.C12H14N2O3.C12H15NO5S.C12H15NO4S.C12H15NO3S/c16-12(15(19)20)8-9-4-6-10(7-5-9)14(18)11-2-1-3-13(11)17;1-8(2)12(16)13(17)10-5-3-9(4-6-10)7-11(15)14(18)19;1-2-11(16)8-13(17)10-5-3-9(4-6-10)7-12(15)14(18)19;1-8(15)14-7-10-4-2-9(3-5-10)6-11(13)12(16)17;1-8(14)7-19(17,18)10-4-2-9(3-5-10)6-11(13)12(15)16;1-8(14)7-18(17)10-4-2-9(3-5-10)6-11(13)12(15)16;1-8(14)7-17-10-4-2-9(3-5-10)6-11(13)12(15)16/h4-7,11-12H,1-3,8,16H2,(H,19,20);3-6,8,11H,7,15H2,1-2H3,(H,18,19);3-6,12H,2,7-8,15H2,1H3,(H,18,19);2-5,7,11H,6,13H2,1H3,(H,16,17);2-5,11H,6-7,13H2,1H3,(H,15,16);2-5,11H,6-7,13H2,1H3,(H,15,16);2-5,11H,6-7,13H2,1H3,(H,15,16)/t11?,12-;11-;12-;;11-;11-,18?;11-/m000.000/s1. The molecule has 129 heavy (non-hydrogen) atoms. The van der Waals surface area contributed by atoms with Crippen molar-refractivity contribution in [2.45, 2.75) is 182 Å². The van der Waals surface area contributed by atoms with Crippen LogP contribution >= 0.6 is 11.8 Å². The molecule has 21 N–H and O–H groups in total. The molecule has 7 aromatic carbocycles. The van der Waals surface area contributed by atoms with Gasteiger partial charge in [0, 0.05) is 96.9 Å². The first-order valence-corrected chi connectivity index (χ1v) is 44.1. The van der Waals surface area contributed by atoms with Crippen LogP contribution in [0.15, 0.2) is 190 Å². The van der Waals surface area contributed by atoms with Gasteiger partial charge in [0.15, 0.2) is 21.4 Å². The smallest absolute Gasteiger partial charge is 0.320 e. The maximum absolute atomic E-state index is 12.2. The molecular weight excluding hydrogens is 1730 g/mol. The molecule has 0 aliphatic heterocycles. The molecule has 8 rings (SSSR count). The molecule has 35 nitrogen and oxygen atoms in total. The Hall–Kier alpha value is -12.6. The molecule has 38 heteroatoms. The van der Waals surface area contributed by atoms with Crippen molar-refractivity contribution in [3.05, 3.63) is 231 Å². The second-order valence-corrected chi connectivity index (χ2v) is 34.8. The number of amides is 1. The highest BCUT2D eigenvalue weighted by molar-refractivity contribution is 8.00. The number of carboxylic acids is 7. The van der Waals surface area contributed by atoms with E-state index in [0.29, 0.717) is 58.6 Å². The van der Waals surface area contributed by atoms with Crippen molar-refractivity contribution in [2.75, 3.05) is 17.3 Å². The van der Waals surface area contributed by atoms with E-state index in [4.69, 9.17) is 10.8 Å². The van der Waals surface area contributed by atoms with Crippen molar-refractivity contribution >= 4 is 138 Å². The lowest BCUT2D eigenvalue weighted by molar-refractivity contribution is -0.437. The second-order valence-electron chi connectivity index (χ2n) is 30.3. The number of ketones is 9. The summed E-state index contributed by atoms with van der Waals surface area (Å²) in [6, 6.07) is 40.7. The third kappa shape index (κ3) is 44.6. The van der Waals surface area contributed by atoms with Crippen LogP contribution in [0.25, 0.3) is 0 Å². The van der Waals surface area contributed by atoms with Gasteiger partial charge in [-0.3, -0.25) is 56.9 Å². The molecular formula is C91H110N8O27S3.